The Hall–Kier alpha value is -0.760. The monoisotopic (exact) mass is 316 g/mol. The summed E-state index contributed by atoms with van der Waals surface area (Å²) >= 11 is 0. The van der Waals surface area contributed by atoms with Crippen molar-refractivity contribution < 1.29 is 13.9 Å². The predicted molar refractivity (Wildman–Crippen MR) is 83.1 cm³/mol. The number of nitrogens with one attached hydrogen (secondary N) is 1. The van der Waals surface area contributed by atoms with Crippen molar-refractivity contribution in [1.29, 1.82) is 0 Å². The normalized spacial score (nSPS) is 34.2. The van der Waals surface area contributed by atoms with E-state index in [0.29, 0.717) is 26.1 Å². The fourth-order valence-electron chi connectivity index (χ4n) is 3.16. The van der Waals surface area contributed by atoms with Gasteiger partial charge in [-0.25, -0.2) is 4.39 Å². The zero-order valence-corrected chi connectivity index (χ0v) is 13.8. The van der Waals surface area contributed by atoms with Crippen molar-refractivity contribution in [3.8, 4) is 0 Å². The summed E-state index contributed by atoms with van der Waals surface area (Å²) in [6.07, 6.45) is -1.02. The first-order chi connectivity index (χ1) is 10.4. The van der Waals surface area contributed by atoms with Gasteiger partial charge in [-0.3, -0.25) is 9.69 Å². The van der Waals surface area contributed by atoms with Gasteiger partial charge < -0.3 is 20.7 Å². The maximum absolute atomic E-state index is 14.2. The molecule has 3 N–H and O–H groups in total. The van der Waals surface area contributed by atoms with Gasteiger partial charge >= 0.3 is 0 Å². The van der Waals surface area contributed by atoms with E-state index in [-0.39, 0.29) is 30.8 Å². The highest BCUT2D eigenvalue weighted by Crippen LogP contribution is 2.20. The number of carbonyl (C=O) groups excluding carboxylic acids is 1. The molecule has 1 amide bonds. The van der Waals surface area contributed by atoms with Gasteiger partial charge in [-0.05, 0) is 26.8 Å². The Morgan fingerprint density at radius 2 is 2.18 bits per heavy atom. The van der Waals surface area contributed by atoms with E-state index in [0.717, 1.165) is 6.54 Å². The van der Waals surface area contributed by atoms with E-state index >= 15 is 0 Å². The molecule has 22 heavy (non-hydrogen) atoms. The lowest BCUT2D eigenvalue weighted by Gasteiger charge is -2.41. The summed E-state index contributed by atoms with van der Waals surface area (Å²) in [6, 6.07) is -0.297. The summed E-state index contributed by atoms with van der Waals surface area (Å²) in [4.78, 5) is 16.3. The number of piperidine rings is 1. The Morgan fingerprint density at radius 3 is 2.77 bits per heavy atom. The van der Waals surface area contributed by atoms with Crippen molar-refractivity contribution >= 4 is 5.91 Å². The quantitative estimate of drug-likeness (QED) is 0.760. The topological polar surface area (TPSA) is 70.8 Å². The maximum atomic E-state index is 14.2. The summed E-state index contributed by atoms with van der Waals surface area (Å²) < 4.78 is 19.8. The highest BCUT2D eigenvalue weighted by atomic mass is 19.1. The van der Waals surface area contributed by atoms with E-state index in [1.807, 2.05) is 20.8 Å². The Balaban J connectivity index is 1.89. The summed E-state index contributed by atoms with van der Waals surface area (Å²) in [7, 11) is 0. The van der Waals surface area contributed by atoms with Crippen LogP contribution in [0.2, 0.25) is 0 Å². The van der Waals surface area contributed by atoms with Crippen LogP contribution in [0, 0.1) is 0 Å². The van der Waals surface area contributed by atoms with Crippen LogP contribution in [0.3, 0.4) is 0 Å². The molecule has 4 atom stereocenters. The molecule has 2 fully saturated rings. The first-order valence-corrected chi connectivity index (χ1v) is 8.23. The largest absolute Gasteiger partial charge is 0.372 e. The van der Waals surface area contributed by atoms with E-state index in [1.54, 1.807) is 4.90 Å². The molecule has 7 heteroatoms. The third-order valence-electron chi connectivity index (χ3n) is 4.40. The molecule has 2 aliphatic rings. The SMILES string of the molecule is CCN1CC(C(=O)N2CC[C@H](OC(C)C)[C@H](F)C2)NCC1N. The van der Waals surface area contributed by atoms with Gasteiger partial charge in [-0.15, -0.1) is 0 Å². The lowest BCUT2D eigenvalue weighted by molar-refractivity contribution is -0.142. The van der Waals surface area contributed by atoms with Crippen LogP contribution in [0.5, 0.6) is 0 Å². The van der Waals surface area contributed by atoms with E-state index in [2.05, 4.69) is 10.2 Å². The minimum atomic E-state index is -1.12. The number of nitrogens with zero attached hydrogens (tertiary/aromatic N) is 2. The molecule has 0 saturated carbocycles. The van der Waals surface area contributed by atoms with Crippen molar-refractivity contribution in [3.63, 3.8) is 0 Å². The van der Waals surface area contributed by atoms with Crippen LogP contribution >= 0.6 is 0 Å². The number of hydrogen-bond acceptors (Lipinski definition) is 5. The lowest BCUT2D eigenvalue weighted by atomic mass is 10.0. The number of rotatable bonds is 4. The average Bonchev–Trinajstić information content (AvgIpc) is 2.48. The fraction of sp³-hybridized carbons (Fsp3) is 0.933. The van der Waals surface area contributed by atoms with Gasteiger partial charge in [0.15, 0.2) is 0 Å². The summed E-state index contributed by atoms with van der Waals surface area (Å²) in [5.41, 5.74) is 5.98. The van der Waals surface area contributed by atoms with Crippen LogP contribution in [-0.4, -0.2) is 79.0 Å². The van der Waals surface area contributed by atoms with Gasteiger partial charge in [-0.1, -0.05) is 6.92 Å². The number of halogens is 1. The maximum Gasteiger partial charge on any atom is 0.241 e. The van der Waals surface area contributed by atoms with Crippen LogP contribution in [0.1, 0.15) is 27.2 Å². The Kier molecular flexibility index (Phi) is 6.14. The first-order valence-electron chi connectivity index (χ1n) is 8.23. The number of nitrogens with two attached hydrogens (primary N) is 1. The van der Waals surface area contributed by atoms with Crippen LogP contribution in [-0.2, 0) is 9.53 Å². The van der Waals surface area contributed by atoms with Crippen molar-refractivity contribution in [1.82, 2.24) is 15.1 Å². The molecule has 0 aromatic rings. The Bertz CT molecular complexity index is 383. The minimum Gasteiger partial charge on any atom is -0.372 e. The third kappa shape index (κ3) is 4.16. The molecule has 6 nitrogen and oxygen atoms in total. The first kappa shape index (κ1) is 17.6. The number of alkyl halides is 1. The highest BCUT2D eigenvalue weighted by molar-refractivity contribution is 5.82. The van der Waals surface area contributed by atoms with Crippen molar-refractivity contribution in [2.45, 2.75) is 57.8 Å². The van der Waals surface area contributed by atoms with Crippen molar-refractivity contribution in [3.05, 3.63) is 0 Å². The van der Waals surface area contributed by atoms with Crippen molar-refractivity contribution in [2.75, 3.05) is 32.7 Å². The Morgan fingerprint density at radius 1 is 1.45 bits per heavy atom. The molecule has 128 valence electrons. The van der Waals surface area contributed by atoms with Gasteiger partial charge in [0.25, 0.3) is 0 Å². The van der Waals surface area contributed by atoms with E-state index in [4.69, 9.17) is 10.5 Å². The molecule has 0 bridgehead atoms. The van der Waals surface area contributed by atoms with E-state index in [1.165, 1.54) is 0 Å². The number of piperazine rings is 1. The smallest absolute Gasteiger partial charge is 0.241 e. The third-order valence-corrected chi connectivity index (χ3v) is 4.40. The molecular weight excluding hydrogens is 287 g/mol. The molecule has 0 aliphatic carbocycles. The number of amides is 1. The van der Waals surface area contributed by atoms with Crippen LogP contribution in [0.25, 0.3) is 0 Å². The molecule has 2 rings (SSSR count). The van der Waals surface area contributed by atoms with E-state index in [9.17, 15) is 9.18 Å². The lowest BCUT2D eigenvalue weighted by Crippen LogP contribution is -2.65. The van der Waals surface area contributed by atoms with Gasteiger partial charge in [0, 0.05) is 19.6 Å². The molecule has 0 spiro atoms. The van der Waals surface area contributed by atoms with Crippen molar-refractivity contribution in [2.24, 2.45) is 5.73 Å². The van der Waals surface area contributed by atoms with Gasteiger partial charge in [0.1, 0.15) is 6.17 Å². The summed E-state index contributed by atoms with van der Waals surface area (Å²) in [6.45, 7) is 8.46. The zero-order valence-electron chi connectivity index (χ0n) is 13.8. The summed E-state index contributed by atoms with van der Waals surface area (Å²) in [5.74, 6) is -0.0315. The standard InChI is InChI=1S/C15H29FN4O2/c1-4-19-9-12(18-7-14(19)17)15(21)20-6-5-13(11(16)8-20)22-10(2)3/h10-14,18H,4-9,17H2,1-3H3/t11-,12?,13+,14?/m1/s1. The number of ether oxygens (including phenoxy) is 1. The zero-order chi connectivity index (χ0) is 16.3. The van der Waals surface area contributed by atoms with Gasteiger partial charge in [-0.2, -0.15) is 0 Å². The van der Waals surface area contributed by atoms with Crippen LogP contribution in [0.15, 0.2) is 0 Å². The second-order valence-electron chi connectivity index (χ2n) is 6.43. The molecule has 2 unspecified atom stereocenters. The number of likely N-dealkylation sites (N-methyl/N-ethyl adjacent to an activating group) is 1. The number of hydrogen-bond donors (Lipinski definition) is 2. The second-order valence-corrected chi connectivity index (χ2v) is 6.43. The predicted octanol–water partition coefficient (Wildman–Crippen LogP) is -0.0711. The molecule has 0 radical (unpaired) electrons. The molecule has 0 aromatic heterocycles. The minimum absolute atomic E-state index is 0.00473. The molecular formula is C15H29FN4O2. The second kappa shape index (κ2) is 7.68. The summed E-state index contributed by atoms with van der Waals surface area (Å²) in [5, 5.41) is 3.18. The van der Waals surface area contributed by atoms with Gasteiger partial charge in [0.2, 0.25) is 5.91 Å². The Labute approximate surface area is 132 Å². The van der Waals surface area contributed by atoms with Gasteiger partial charge in [0.05, 0.1) is 31.0 Å². The van der Waals surface area contributed by atoms with E-state index < -0.39 is 12.3 Å². The fourth-order valence-corrected chi connectivity index (χ4v) is 3.16. The average molecular weight is 316 g/mol. The highest BCUT2D eigenvalue weighted by Gasteiger charge is 2.37. The number of carbonyl (C=O) groups is 1. The molecule has 0 aromatic carbocycles. The molecule has 2 saturated heterocycles. The molecule has 2 aliphatic heterocycles. The molecule has 2 heterocycles. The van der Waals surface area contributed by atoms with Crippen LogP contribution in [0.4, 0.5) is 4.39 Å². The van der Waals surface area contributed by atoms with Crippen LogP contribution < -0.4 is 11.1 Å². The number of likely N-dealkylation sites (tertiary alicyclic amines) is 1.